The number of methoxy groups -OCH3 is 1. The van der Waals surface area contributed by atoms with Gasteiger partial charge in [0.15, 0.2) is 0 Å². The fraction of sp³-hybridized carbons (Fsp3) is 0.533. The van der Waals surface area contributed by atoms with Crippen molar-refractivity contribution in [2.45, 2.75) is 31.8 Å². The standard InChI is InChI=1S/C15H21N3O4S/c1-10(16-14(20)12-4-3-9-23-12)13(19)17-11-5-7-18(8-6-11)15(21)22-2/h3-4,9-11H,5-8H2,1-2H3,(H,16,20)(H,17,19)/t10-/m1/s1. The van der Waals surface area contributed by atoms with Gasteiger partial charge in [0.25, 0.3) is 5.91 Å². The fourth-order valence-corrected chi connectivity index (χ4v) is 3.03. The third-order valence-electron chi connectivity index (χ3n) is 3.76. The van der Waals surface area contributed by atoms with Gasteiger partial charge in [0, 0.05) is 19.1 Å². The van der Waals surface area contributed by atoms with Crippen molar-refractivity contribution in [3.63, 3.8) is 0 Å². The molecule has 23 heavy (non-hydrogen) atoms. The van der Waals surface area contributed by atoms with E-state index in [-0.39, 0.29) is 23.9 Å². The number of piperidine rings is 1. The molecule has 2 N–H and O–H groups in total. The van der Waals surface area contributed by atoms with Gasteiger partial charge in [0.1, 0.15) is 6.04 Å². The number of carbonyl (C=O) groups is 3. The molecule has 0 bridgehead atoms. The maximum absolute atomic E-state index is 12.2. The molecule has 1 fully saturated rings. The summed E-state index contributed by atoms with van der Waals surface area (Å²) in [6.45, 7) is 2.76. The summed E-state index contributed by atoms with van der Waals surface area (Å²) in [6.07, 6.45) is 1.00. The van der Waals surface area contributed by atoms with Gasteiger partial charge < -0.3 is 20.3 Å². The van der Waals surface area contributed by atoms with E-state index < -0.39 is 6.04 Å². The first-order chi connectivity index (χ1) is 11.0. The zero-order valence-electron chi connectivity index (χ0n) is 13.2. The Morgan fingerprint density at radius 2 is 2.04 bits per heavy atom. The number of likely N-dealkylation sites (tertiary alicyclic amines) is 1. The highest BCUT2D eigenvalue weighted by Crippen LogP contribution is 2.12. The molecule has 1 aliphatic heterocycles. The highest BCUT2D eigenvalue weighted by molar-refractivity contribution is 7.12. The Balaban J connectivity index is 1.76. The van der Waals surface area contributed by atoms with Crippen LogP contribution in [-0.4, -0.2) is 55.1 Å². The molecule has 0 aliphatic carbocycles. The monoisotopic (exact) mass is 339 g/mol. The molecule has 8 heteroatoms. The van der Waals surface area contributed by atoms with Gasteiger partial charge in [0.2, 0.25) is 5.91 Å². The van der Waals surface area contributed by atoms with Gasteiger partial charge in [-0.2, -0.15) is 0 Å². The molecule has 2 rings (SSSR count). The van der Waals surface area contributed by atoms with Gasteiger partial charge in [-0.25, -0.2) is 4.79 Å². The molecular weight excluding hydrogens is 318 g/mol. The number of thiophene rings is 1. The van der Waals surface area contributed by atoms with E-state index in [0.29, 0.717) is 30.8 Å². The van der Waals surface area contributed by atoms with Gasteiger partial charge in [-0.3, -0.25) is 9.59 Å². The molecule has 1 aromatic rings. The maximum Gasteiger partial charge on any atom is 0.409 e. The average molecular weight is 339 g/mol. The summed E-state index contributed by atoms with van der Waals surface area (Å²) < 4.78 is 4.68. The van der Waals surface area contributed by atoms with E-state index in [1.54, 1.807) is 24.0 Å². The van der Waals surface area contributed by atoms with Gasteiger partial charge in [-0.05, 0) is 31.2 Å². The lowest BCUT2D eigenvalue weighted by molar-refractivity contribution is -0.123. The molecule has 3 amide bonds. The molecule has 126 valence electrons. The number of nitrogens with one attached hydrogen (secondary N) is 2. The lowest BCUT2D eigenvalue weighted by atomic mass is 10.0. The summed E-state index contributed by atoms with van der Waals surface area (Å²) in [4.78, 5) is 37.7. The van der Waals surface area contributed by atoms with Crippen LogP contribution in [0.4, 0.5) is 4.79 Å². The average Bonchev–Trinajstić information content (AvgIpc) is 3.09. The van der Waals surface area contributed by atoms with Crippen LogP contribution in [0.2, 0.25) is 0 Å². The van der Waals surface area contributed by atoms with Gasteiger partial charge in [-0.1, -0.05) is 6.07 Å². The zero-order valence-corrected chi connectivity index (χ0v) is 14.0. The predicted molar refractivity (Wildman–Crippen MR) is 86.4 cm³/mol. The molecule has 0 spiro atoms. The van der Waals surface area contributed by atoms with E-state index >= 15 is 0 Å². The Kier molecular flexibility index (Phi) is 5.97. The minimum Gasteiger partial charge on any atom is -0.453 e. The predicted octanol–water partition coefficient (Wildman–Crippen LogP) is 1.21. The van der Waals surface area contributed by atoms with Crippen molar-refractivity contribution in [3.8, 4) is 0 Å². The molecule has 2 heterocycles. The molecule has 1 saturated heterocycles. The second-order valence-electron chi connectivity index (χ2n) is 5.41. The smallest absolute Gasteiger partial charge is 0.409 e. The number of carbonyl (C=O) groups excluding carboxylic acids is 3. The van der Waals surface area contributed by atoms with Crippen molar-refractivity contribution >= 4 is 29.2 Å². The van der Waals surface area contributed by atoms with E-state index in [4.69, 9.17) is 0 Å². The van der Waals surface area contributed by atoms with E-state index in [0.717, 1.165) is 0 Å². The van der Waals surface area contributed by atoms with Crippen molar-refractivity contribution in [1.82, 2.24) is 15.5 Å². The van der Waals surface area contributed by atoms with Crippen molar-refractivity contribution < 1.29 is 19.1 Å². The summed E-state index contributed by atoms with van der Waals surface area (Å²) in [5.74, 6) is -0.463. The van der Waals surface area contributed by atoms with Crippen LogP contribution < -0.4 is 10.6 Å². The second kappa shape index (κ2) is 7.96. The normalized spacial score (nSPS) is 16.5. The molecule has 1 aliphatic rings. The zero-order chi connectivity index (χ0) is 16.8. The molecule has 0 unspecified atom stereocenters. The highest BCUT2D eigenvalue weighted by Gasteiger charge is 2.26. The topological polar surface area (TPSA) is 87.7 Å². The molecule has 0 radical (unpaired) electrons. The van der Waals surface area contributed by atoms with Gasteiger partial charge in [-0.15, -0.1) is 11.3 Å². The van der Waals surface area contributed by atoms with Crippen LogP contribution in [0.3, 0.4) is 0 Å². The third kappa shape index (κ3) is 4.69. The number of amides is 3. The van der Waals surface area contributed by atoms with Crippen LogP contribution in [0, 0.1) is 0 Å². The number of hydrogen-bond donors (Lipinski definition) is 2. The van der Waals surface area contributed by atoms with Gasteiger partial charge in [0.05, 0.1) is 12.0 Å². The van der Waals surface area contributed by atoms with Crippen LogP contribution in [0.15, 0.2) is 17.5 Å². The largest absolute Gasteiger partial charge is 0.453 e. The van der Waals surface area contributed by atoms with Crippen LogP contribution in [0.25, 0.3) is 0 Å². The summed E-state index contributed by atoms with van der Waals surface area (Å²) >= 11 is 1.33. The Morgan fingerprint density at radius 1 is 1.35 bits per heavy atom. The minimum atomic E-state index is -0.608. The number of hydrogen-bond acceptors (Lipinski definition) is 5. The summed E-state index contributed by atoms with van der Waals surface area (Å²) in [5.41, 5.74) is 0. The lowest BCUT2D eigenvalue weighted by Crippen LogP contribution is -2.51. The van der Waals surface area contributed by atoms with Crippen LogP contribution in [0.1, 0.15) is 29.4 Å². The van der Waals surface area contributed by atoms with Crippen LogP contribution in [-0.2, 0) is 9.53 Å². The molecular formula is C15H21N3O4S. The third-order valence-corrected chi connectivity index (χ3v) is 4.63. The number of ether oxygens (including phenoxy) is 1. The first-order valence-corrected chi connectivity index (χ1v) is 8.37. The van der Waals surface area contributed by atoms with Crippen molar-refractivity contribution in [2.75, 3.05) is 20.2 Å². The molecule has 1 atom stereocenters. The summed E-state index contributed by atoms with van der Waals surface area (Å²) in [5, 5.41) is 7.41. The van der Waals surface area contributed by atoms with Crippen molar-refractivity contribution in [2.24, 2.45) is 0 Å². The fourth-order valence-electron chi connectivity index (χ4n) is 2.40. The highest BCUT2D eigenvalue weighted by atomic mass is 32.1. The maximum atomic E-state index is 12.2. The van der Waals surface area contributed by atoms with Gasteiger partial charge >= 0.3 is 6.09 Å². The summed E-state index contributed by atoms with van der Waals surface area (Å²) in [7, 11) is 1.36. The first-order valence-electron chi connectivity index (χ1n) is 7.49. The van der Waals surface area contributed by atoms with E-state index in [1.807, 2.05) is 5.38 Å². The summed E-state index contributed by atoms with van der Waals surface area (Å²) in [6, 6.07) is 2.90. The Bertz CT molecular complexity index is 553. The molecule has 0 saturated carbocycles. The van der Waals surface area contributed by atoms with Crippen LogP contribution >= 0.6 is 11.3 Å². The number of nitrogens with zero attached hydrogens (tertiary/aromatic N) is 1. The van der Waals surface area contributed by atoms with E-state index in [1.165, 1.54) is 18.4 Å². The molecule has 0 aromatic carbocycles. The molecule has 7 nitrogen and oxygen atoms in total. The molecule has 1 aromatic heterocycles. The minimum absolute atomic E-state index is 0.00416. The first kappa shape index (κ1) is 17.3. The quantitative estimate of drug-likeness (QED) is 0.863. The Morgan fingerprint density at radius 3 is 2.61 bits per heavy atom. The SMILES string of the molecule is COC(=O)N1CCC(NC(=O)[C@@H](C)NC(=O)c2cccs2)CC1. The van der Waals surface area contributed by atoms with E-state index in [2.05, 4.69) is 15.4 Å². The van der Waals surface area contributed by atoms with E-state index in [9.17, 15) is 14.4 Å². The van der Waals surface area contributed by atoms with Crippen LogP contribution in [0.5, 0.6) is 0 Å². The Hall–Kier alpha value is -2.09. The Labute approximate surface area is 139 Å². The van der Waals surface area contributed by atoms with Crippen molar-refractivity contribution in [1.29, 1.82) is 0 Å². The lowest BCUT2D eigenvalue weighted by Gasteiger charge is -2.31. The number of rotatable bonds is 4. The second-order valence-corrected chi connectivity index (χ2v) is 6.36. The van der Waals surface area contributed by atoms with Crippen molar-refractivity contribution in [3.05, 3.63) is 22.4 Å².